The number of carbonyl (C=O) groups is 1. The molecule has 0 aliphatic carbocycles. The van der Waals surface area contributed by atoms with Crippen molar-refractivity contribution in [2.45, 2.75) is 0 Å². The maximum atomic E-state index is 13.7. The van der Waals surface area contributed by atoms with E-state index in [4.69, 9.17) is 5.11 Å². The Hall–Kier alpha value is -1.95. The number of benzene rings is 1. The van der Waals surface area contributed by atoms with Crippen LogP contribution in [0.5, 0.6) is 0 Å². The maximum Gasteiger partial charge on any atom is 0.254 e. The smallest absolute Gasteiger partial charge is 0.254 e. The van der Waals surface area contributed by atoms with Crippen molar-refractivity contribution in [1.82, 2.24) is 10.0 Å². The molecule has 0 bridgehead atoms. The minimum absolute atomic E-state index is 0.0201. The number of hydrogen-bond acceptors (Lipinski definition) is 4. The summed E-state index contributed by atoms with van der Waals surface area (Å²) in [6.07, 6.45) is 1.00. The molecule has 0 aromatic heterocycles. The summed E-state index contributed by atoms with van der Waals surface area (Å²) in [4.78, 5) is 11.7. The molecule has 114 valence electrons. The summed E-state index contributed by atoms with van der Waals surface area (Å²) in [5, 5.41) is 10.9. The monoisotopic (exact) mass is 314 g/mol. The van der Waals surface area contributed by atoms with Crippen LogP contribution in [0.1, 0.15) is 15.9 Å². The lowest BCUT2D eigenvalue weighted by Gasteiger charge is -2.06. The fourth-order valence-corrected chi connectivity index (χ4v) is 1.90. The van der Waals surface area contributed by atoms with E-state index in [1.807, 2.05) is 0 Å². The van der Waals surface area contributed by atoms with Gasteiger partial charge in [0.15, 0.2) is 0 Å². The standard InChI is InChI=1S/C13H15FN2O4S/c1-21(19,20)16-7-6-15-13(18)11-5-4-10(3-2-8-17)9-12(11)14/h4-5,9,16-17H,6-8H2,1H3,(H,15,18). The Morgan fingerprint density at radius 2 is 2.10 bits per heavy atom. The fraction of sp³-hybridized carbons (Fsp3) is 0.308. The van der Waals surface area contributed by atoms with Crippen LogP contribution in [0.2, 0.25) is 0 Å². The number of rotatable bonds is 5. The number of aliphatic hydroxyl groups is 1. The van der Waals surface area contributed by atoms with Gasteiger partial charge < -0.3 is 10.4 Å². The quantitative estimate of drug-likeness (QED) is 0.502. The van der Waals surface area contributed by atoms with E-state index in [0.717, 1.165) is 12.3 Å². The number of amides is 1. The van der Waals surface area contributed by atoms with Crippen molar-refractivity contribution < 1.29 is 22.7 Å². The van der Waals surface area contributed by atoms with E-state index in [1.54, 1.807) is 0 Å². The van der Waals surface area contributed by atoms with E-state index >= 15 is 0 Å². The van der Waals surface area contributed by atoms with Gasteiger partial charge in [-0.3, -0.25) is 4.79 Å². The van der Waals surface area contributed by atoms with Crippen molar-refractivity contribution >= 4 is 15.9 Å². The van der Waals surface area contributed by atoms with Gasteiger partial charge in [0.05, 0.1) is 11.8 Å². The second-order valence-corrected chi connectivity index (χ2v) is 5.91. The normalized spacial score (nSPS) is 10.6. The van der Waals surface area contributed by atoms with Crippen molar-refractivity contribution in [3.05, 3.63) is 35.1 Å². The molecule has 0 saturated heterocycles. The molecule has 0 radical (unpaired) electrons. The van der Waals surface area contributed by atoms with Crippen molar-refractivity contribution in [2.24, 2.45) is 0 Å². The summed E-state index contributed by atoms with van der Waals surface area (Å²) in [6, 6.07) is 3.82. The first kappa shape index (κ1) is 17.1. The van der Waals surface area contributed by atoms with Gasteiger partial charge >= 0.3 is 0 Å². The van der Waals surface area contributed by atoms with Crippen LogP contribution in [0, 0.1) is 17.7 Å². The van der Waals surface area contributed by atoms with Crippen LogP contribution in [0.4, 0.5) is 4.39 Å². The molecule has 0 unspecified atom stereocenters. The third-order valence-electron chi connectivity index (χ3n) is 2.30. The van der Waals surface area contributed by atoms with E-state index in [-0.39, 0.29) is 25.3 Å². The molecule has 21 heavy (non-hydrogen) atoms. The molecule has 0 saturated carbocycles. The molecule has 0 spiro atoms. The van der Waals surface area contributed by atoms with Crippen LogP contribution in [0.3, 0.4) is 0 Å². The number of sulfonamides is 1. The molecule has 0 aliphatic rings. The highest BCUT2D eigenvalue weighted by Gasteiger charge is 2.11. The van der Waals surface area contributed by atoms with Crippen LogP contribution in [0.15, 0.2) is 18.2 Å². The third kappa shape index (κ3) is 6.35. The van der Waals surface area contributed by atoms with Gasteiger partial charge in [-0.25, -0.2) is 17.5 Å². The summed E-state index contributed by atoms with van der Waals surface area (Å²) in [5.74, 6) is 3.50. The minimum atomic E-state index is -3.32. The topological polar surface area (TPSA) is 95.5 Å². The highest BCUT2D eigenvalue weighted by Crippen LogP contribution is 2.09. The Morgan fingerprint density at radius 3 is 2.67 bits per heavy atom. The molecule has 1 aromatic rings. The van der Waals surface area contributed by atoms with E-state index in [0.29, 0.717) is 5.56 Å². The zero-order valence-corrected chi connectivity index (χ0v) is 12.1. The number of halogens is 1. The summed E-state index contributed by atoms with van der Waals surface area (Å²) >= 11 is 0. The van der Waals surface area contributed by atoms with Gasteiger partial charge in [-0.1, -0.05) is 11.8 Å². The predicted molar refractivity (Wildman–Crippen MR) is 75.5 cm³/mol. The third-order valence-corrected chi connectivity index (χ3v) is 3.03. The second-order valence-electron chi connectivity index (χ2n) is 4.08. The summed E-state index contributed by atoms with van der Waals surface area (Å²) < 4.78 is 37.5. The molecule has 1 rings (SSSR count). The Kier molecular flexibility index (Phi) is 6.30. The SMILES string of the molecule is CS(=O)(=O)NCCNC(=O)c1ccc(C#CCO)cc1F. The zero-order valence-electron chi connectivity index (χ0n) is 11.3. The van der Waals surface area contributed by atoms with Crippen LogP contribution in [-0.2, 0) is 10.0 Å². The lowest BCUT2D eigenvalue weighted by molar-refractivity contribution is 0.0950. The predicted octanol–water partition coefficient (Wildman–Crippen LogP) is -0.552. The Labute approximate surface area is 122 Å². The number of hydrogen-bond donors (Lipinski definition) is 3. The molecule has 3 N–H and O–H groups in total. The average Bonchev–Trinajstić information content (AvgIpc) is 2.40. The van der Waals surface area contributed by atoms with Gasteiger partial charge in [0, 0.05) is 18.7 Å². The van der Waals surface area contributed by atoms with Gasteiger partial charge in [0.2, 0.25) is 10.0 Å². The molecule has 0 heterocycles. The van der Waals surface area contributed by atoms with E-state index < -0.39 is 21.7 Å². The first-order chi connectivity index (χ1) is 9.83. The Morgan fingerprint density at radius 1 is 1.38 bits per heavy atom. The maximum absolute atomic E-state index is 13.7. The number of nitrogens with one attached hydrogen (secondary N) is 2. The van der Waals surface area contributed by atoms with Crippen LogP contribution < -0.4 is 10.0 Å². The van der Waals surface area contributed by atoms with Crippen molar-refractivity contribution in [3.8, 4) is 11.8 Å². The highest BCUT2D eigenvalue weighted by molar-refractivity contribution is 7.88. The molecule has 8 heteroatoms. The van der Waals surface area contributed by atoms with Crippen LogP contribution in [0.25, 0.3) is 0 Å². The fourth-order valence-electron chi connectivity index (χ4n) is 1.43. The molecule has 1 aromatic carbocycles. The van der Waals surface area contributed by atoms with Crippen molar-refractivity contribution in [2.75, 3.05) is 26.0 Å². The molecular formula is C13H15FN2O4S. The average molecular weight is 314 g/mol. The lowest BCUT2D eigenvalue weighted by atomic mass is 10.1. The summed E-state index contributed by atoms with van der Waals surface area (Å²) in [5.41, 5.74) is 0.181. The zero-order chi connectivity index (χ0) is 15.9. The molecular weight excluding hydrogens is 299 g/mol. The minimum Gasteiger partial charge on any atom is -0.384 e. The van der Waals surface area contributed by atoms with Crippen LogP contribution >= 0.6 is 0 Å². The van der Waals surface area contributed by atoms with Crippen molar-refractivity contribution in [3.63, 3.8) is 0 Å². The lowest BCUT2D eigenvalue weighted by Crippen LogP contribution is -2.34. The summed E-state index contributed by atoms with van der Waals surface area (Å²) in [6.45, 7) is -0.277. The number of aliphatic hydroxyl groups excluding tert-OH is 1. The molecule has 1 amide bonds. The first-order valence-electron chi connectivity index (χ1n) is 5.95. The van der Waals surface area contributed by atoms with E-state index in [2.05, 4.69) is 21.9 Å². The van der Waals surface area contributed by atoms with Crippen LogP contribution in [-0.4, -0.2) is 45.4 Å². The van der Waals surface area contributed by atoms with Gasteiger partial charge in [-0.05, 0) is 18.2 Å². The van der Waals surface area contributed by atoms with E-state index in [1.165, 1.54) is 12.1 Å². The van der Waals surface area contributed by atoms with Gasteiger partial charge in [-0.2, -0.15) is 0 Å². The van der Waals surface area contributed by atoms with Gasteiger partial charge in [0.1, 0.15) is 12.4 Å². The van der Waals surface area contributed by atoms with Crippen molar-refractivity contribution in [1.29, 1.82) is 0 Å². The molecule has 6 nitrogen and oxygen atoms in total. The Balaban J connectivity index is 2.62. The molecule has 0 atom stereocenters. The second kappa shape index (κ2) is 7.73. The van der Waals surface area contributed by atoms with E-state index in [9.17, 15) is 17.6 Å². The largest absolute Gasteiger partial charge is 0.384 e. The van der Waals surface area contributed by atoms with Gasteiger partial charge in [0.25, 0.3) is 5.91 Å². The molecule has 0 aliphatic heterocycles. The highest BCUT2D eigenvalue weighted by atomic mass is 32.2. The summed E-state index contributed by atoms with van der Waals surface area (Å²) in [7, 11) is -3.32. The Bertz CT molecular complexity index is 677. The van der Waals surface area contributed by atoms with Gasteiger partial charge in [-0.15, -0.1) is 0 Å². The number of carbonyl (C=O) groups excluding carboxylic acids is 1. The first-order valence-corrected chi connectivity index (χ1v) is 7.85. The molecule has 0 fully saturated rings.